The number of aromatic nitrogens is 2. The zero-order valence-electron chi connectivity index (χ0n) is 16.7. The van der Waals surface area contributed by atoms with Gasteiger partial charge in [-0.3, -0.25) is 10.4 Å². The zero-order valence-corrected chi connectivity index (χ0v) is 16.7. The minimum Gasteiger partial charge on any atom is -0.446 e. The van der Waals surface area contributed by atoms with Crippen molar-refractivity contribution in [2.45, 2.75) is 62.7 Å². The average molecular weight is 410 g/mol. The van der Waals surface area contributed by atoms with Crippen LogP contribution in [0, 0.1) is 5.92 Å². The fourth-order valence-electron chi connectivity index (χ4n) is 4.83. The molecule has 6 rings (SSSR count). The quantitative estimate of drug-likeness (QED) is 0.666. The topological polar surface area (TPSA) is 105 Å². The predicted octanol–water partition coefficient (Wildman–Crippen LogP) is 4.07. The van der Waals surface area contributed by atoms with Gasteiger partial charge < -0.3 is 14.8 Å². The first-order valence-electron chi connectivity index (χ1n) is 10.6. The van der Waals surface area contributed by atoms with Crippen LogP contribution >= 0.6 is 0 Å². The fourth-order valence-corrected chi connectivity index (χ4v) is 4.83. The fraction of sp³-hybridized carbons (Fsp3) is 0.500. The number of aromatic amines is 1. The Bertz CT molecular complexity index is 911. The second-order valence-corrected chi connectivity index (χ2v) is 8.82. The number of hydrogen-bond donors (Lipinski definition) is 3. The van der Waals surface area contributed by atoms with Crippen molar-refractivity contribution >= 4 is 18.0 Å². The Morgan fingerprint density at radius 2 is 1.93 bits per heavy atom. The number of alkyl carbamates (subject to hydrolysis) is 1. The second kappa shape index (κ2) is 7.66. The third-order valence-corrected chi connectivity index (χ3v) is 6.54. The van der Waals surface area contributed by atoms with Crippen molar-refractivity contribution in [3.05, 3.63) is 47.7 Å². The van der Waals surface area contributed by atoms with Crippen LogP contribution in [-0.2, 0) is 16.1 Å². The summed E-state index contributed by atoms with van der Waals surface area (Å²) in [5, 5.41) is 12.8. The summed E-state index contributed by atoms with van der Waals surface area (Å²) >= 11 is 0. The average Bonchev–Trinajstić information content (AvgIpc) is 3.32. The summed E-state index contributed by atoms with van der Waals surface area (Å²) in [6.07, 6.45) is 4.88. The number of carbonyl (C=O) groups is 2. The minimum atomic E-state index is -0.546. The molecule has 4 saturated carbocycles. The summed E-state index contributed by atoms with van der Waals surface area (Å²) in [5.41, 5.74) is 1.89. The molecular formula is C22H26N4O4. The molecule has 2 atom stereocenters. The Morgan fingerprint density at radius 1 is 1.13 bits per heavy atom. The van der Waals surface area contributed by atoms with Crippen LogP contribution in [0.1, 0.15) is 55.7 Å². The zero-order chi connectivity index (χ0) is 20.6. The minimum absolute atomic E-state index is 0.0405. The lowest BCUT2D eigenvalue weighted by Gasteiger charge is -2.61. The number of carbonyl (C=O) groups excluding carboxylic acids is 2. The number of benzene rings is 1. The molecule has 4 aliphatic carbocycles. The van der Waals surface area contributed by atoms with Gasteiger partial charge in [0.25, 0.3) is 0 Å². The van der Waals surface area contributed by atoms with Gasteiger partial charge in [0.05, 0.1) is 0 Å². The third-order valence-electron chi connectivity index (χ3n) is 6.54. The molecule has 2 aromatic rings. The van der Waals surface area contributed by atoms with Gasteiger partial charge in [-0.1, -0.05) is 30.3 Å². The maximum Gasteiger partial charge on any atom is 0.413 e. The lowest BCUT2D eigenvalue weighted by Crippen LogP contribution is -2.68. The molecule has 2 amide bonds. The van der Waals surface area contributed by atoms with Gasteiger partial charge in [0.15, 0.2) is 5.82 Å². The van der Waals surface area contributed by atoms with Crippen molar-refractivity contribution in [2.75, 3.05) is 5.32 Å². The van der Waals surface area contributed by atoms with Crippen LogP contribution in [0.4, 0.5) is 15.4 Å². The number of amides is 2. The molecule has 3 N–H and O–H groups in total. The Morgan fingerprint density at radius 3 is 2.67 bits per heavy atom. The van der Waals surface area contributed by atoms with Gasteiger partial charge in [-0.15, -0.1) is 0 Å². The van der Waals surface area contributed by atoms with E-state index in [9.17, 15) is 9.59 Å². The molecule has 2 bridgehead atoms. The SMILES string of the molecule is O=C(Nc1cc(C2CCC(OC(=O)NC34CC(C3)C4)C2)[nH]n1)OCc1ccccc1. The van der Waals surface area contributed by atoms with E-state index < -0.39 is 6.09 Å². The molecule has 1 heterocycles. The number of hydrogen-bond acceptors (Lipinski definition) is 5. The lowest BCUT2D eigenvalue weighted by molar-refractivity contribution is -0.0506. The summed E-state index contributed by atoms with van der Waals surface area (Å²) in [7, 11) is 0. The van der Waals surface area contributed by atoms with Crippen molar-refractivity contribution in [2.24, 2.45) is 5.92 Å². The normalized spacial score (nSPS) is 28.7. The molecule has 0 radical (unpaired) electrons. The highest BCUT2D eigenvalue weighted by molar-refractivity contribution is 5.83. The van der Waals surface area contributed by atoms with Gasteiger partial charge in [0.2, 0.25) is 0 Å². The molecule has 4 aliphatic rings. The van der Waals surface area contributed by atoms with Gasteiger partial charge >= 0.3 is 12.2 Å². The molecular weight excluding hydrogens is 384 g/mol. The van der Waals surface area contributed by atoms with E-state index in [0.29, 0.717) is 5.82 Å². The van der Waals surface area contributed by atoms with Crippen LogP contribution in [0.2, 0.25) is 0 Å². The molecule has 8 heteroatoms. The Balaban J connectivity index is 1.07. The molecule has 8 nitrogen and oxygen atoms in total. The first kappa shape index (κ1) is 19.0. The highest BCUT2D eigenvalue weighted by atomic mass is 16.6. The first-order chi connectivity index (χ1) is 14.6. The van der Waals surface area contributed by atoms with Crippen LogP contribution < -0.4 is 10.6 Å². The van der Waals surface area contributed by atoms with Crippen LogP contribution in [0.5, 0.6) is 0 Å². The molecule has 1 aromatic heterocycles. The first-order valence-corrected chi connectivity index (χ1v) is 10.6. The number of H-pyrrole nitrogens is 1. The summed E-state index contributed by atoms with van der Waals surface area (Å²) in [6.45, 7) is 0.204. The maximum atomic E-state index is 12.1. The van der Waals surface area contributed by atoms with Crippen molar-refractivity contribution in [3.8, 4) is 0 Å². The van der Waals surface area contributed by atoms with Crippen molar-refractivity contribution in [1.82, 2.24) is 15.5 Å². The number of ether oxygens (including phenoxy) is 2. The standard InChI is InChI=1S/C22H26N4O4/c27-20(29-13-14-4-2-1-3-5-14)23-19-9-18(25-26-19)16-6-7-17(8-16)30-21(28)24-22-10-15(11-22)12-22/h1-5,9,15-17H,6-8,10-13H2,(H,24,28)(H2,23,25,26,27). The Labute approximate surface area is 174 Å². The Kier molecular flexibility index (Phi) is 4.84. The summed E-state index contributed by atoms with van der Waals surface area (Å²) in [4.78, 5) is 24.1. The third kappa shape index (κ3) is 3.99. The van der Waals surface area contributed by atoms with E-state index >= 15 is 0 Å². The van der Waals surface area contributed by atoms with Gasteiger partial charge in [0.1, 0.15) is 12.7 Å². The van der Waals surface area contributed by atoms with Crippen molar-refractivity contribution in [1.29, 1.82) is 0 Å². The molecule has 4 fully saturated rings. The number of anilines is 1. The van der Waals surface area contributed by atoms with Crippen LogP contribution in [0.3, 0.4) is 0 Å². The number of nitrogens with zero attached hydrogens (tertiary/aromatic N) is 1. The predicted molar refractivity (Wildman–Crippen MR) is 109 cm³/mol. The summed E-state index contributed by atoms with van der Waals surface area (Å²) in [6, 6.07) is 11.3. The van der Waals surface area contributed by atoms with Crippen LogP contribution in [-0.4, -0.2) is 34.0 Å². The number of nitrogens with one attached hydrogen (secondary N) is 3. The summed E-state index contributed by atoms with van der Waals surface area (Å²) in [5.74, 6) is 1.47. The van der Waals surface area contributed by atoms with E-state index in [-0.39, 0.29) is 30.3 Å². The van der Waals surface area contributed by atoms with Crippen LogP contribution in [0.25, 0.3) is 0 Å². The van der Waals surface area contributed by atoms with Crippen molar-refractivity contribution < 1.29 is 19.1 Å². The van der Waals surface area contributed by atoms with E-state index in [1.54, 1.807) is 0 Å². The molecule has 2 unspecified atom stereocenters. The van der Waals surface area contributed by atoms with Gasteiger partial charge in [-0.2, -0.15) is 5.10 Å². The van der Waals surface area contributed by atoms with Gasteiger partial charge in [0, 0.05) is 23.2 Å². The molecule has 30 heavy (non-hydrogen) atoms. The van der Waals surface area contributed by atoms with E-state index in [2.05, 4.69) is 20.8 Å². The monoisotopic (exact) mass is 410 g/mol. The second-order valence-electron chi connectivity index (χ2n) is 8.82. The van der Waals surface area contributed by atoms with Crippen LogP contribution in [0.15, 0.2) is 36.4 Å². The largest absolute Gasteiger partial charge is 0.446 e. The maximum absolute atomic E-state index is 12.1. The summed E-state index contributed by atoms with van der Waals surface area (Å²) < 4.78 is 10.8. The van der Waals surface area contributed by atoms with Crippen molar-refractivity contribution in [3.63, 3.8) is 0 Å². The molecule has 0 aliphatic heterocycles. The molecule has 158 valence electrons. The lowest BCUT2D eigenvalue weighted by atomic mass is 9.50. The highest BCUT2D eigenvalue weighted by Gasteiger charge is 2.57. The van der Waals surface area contributed by atoms with E-state index in [1.165, 1.54) is 0 Å². The van der Waals surface area contributed by atoms with E-state index in [1.807, 2.05) is 36.4 Å². The molecule has 0 saturated heterocycles. The van der Waals surface area contributed by atoms with E-state index in [0.717, 1.165) is 55.7 Å². The number of rotatable bonds is 6. The molecule has 1 aromatic carbocycles. The Hall–Kier alpha value is -3.03. The van der Waals surface area contributed by atoms with Gasteiger partial charge in [-0.05, 0) is 50.0 Å². The highest BCUT2D eigenvalue weighted by Crippen LogP contribution is 2.57. The van der Waals surface area contributed by atoms with E-state index in [4.69, 9.17) is 9.47 Å². The molecule has 0 spiro atoms. The smallest absolute Gasteiger partial charge is 0.413 e. The van der Waals surface area contributed by atoms with Gasteiger partial charge in [-0.25, -0.2) is 9.59 Å².